The highest BCUT2D eigenvalue weighted by Gasteiger charge is 2.16. The van der Waals surface area contributed by atoms with Crippen LogP contribution < -0.4 is 0 Å². The molecular weight excluding hydrogens is 256 g/mol. The smallest absolute Gasteiger partial charge is 0.148 e. The molecule has 0 unspecified atom stereocenters. The monoisotopic (exact) mass is 280 g/mol. The van der Waals surface area contributed by atoms with Crippen molar-refractivity contribution in [2.24, 2.45) is 0 Å². The summed E-state index contributed by atoms with van der Waals surface area (Å²) in [5.41, 5.74) is 0.930. The van der Waals surface area contributed by atoms with Gasteiger partial charge >= 0.3 is 0 Å². The van der Waals surface area contributed by atoms with Crippen molar-refractivity contribution in [3.63, 3.8) is 0 Å². The molecule has 0 spiro atoms. The van der Waals surface area contributed by atoms with Crippen LogP contribution in [0.4, 0.5) is 0 Å². The van der Waals surface area contributed by atoms with Gasteiger partial charge in [0.05, 0.1) is 23.9 Å². The highest BCUT2D eigenvalue weighted by molar-refractivity contribution is 8.00. The van der Waals surface area contributed by atoms with E-state index in [4.69, 9.17) is 0 Å². The highest BCUT2D eigenvalue weighted by Crippen LogP contribution is 2.27. The van der Waals surface area contributed by atoms with E-state index in [9.17, 15) is 4.79 Å². The summed E-state index contributed by atoms with van der Waals surface area (Å²) in [6, 6.07) is 2.56. The van der Waals surface area contributed by atoms with Gasteiger partial charge in [-0.3, -0.25) is 9.48 Å². The van der Waals surface area contributed by atoms with Crippen molar-refractivity contribution < 1.29 is 4.79 Å². The predicted molar refractivity (Wildman–Crippen MR) is 80.7 cm³/mol. The first-order valence-electron chi connectivity index (χ1n) is 7.32. The fourth-order valence-corrected chi connectivity index (χ4v) is 3.15. The van der Waals surface area contributed by atoms with E-state index in [2.05, 4.69) is 23.6 Å². The molecule has 4 heteroatoms. The zero-order valence-electron chi connectivity index (χ0n) is 12.0. The van der Waals surface area contributed by atoms with Gasteiger partial charge in [0.15, 0.2) is 0 Å². The SMILES string of the molecule is CC(C)SCC(=O)Cc1ccn(C2CCCCC2)n1. The number of hydrogen-bond acceptors (Lipinski definition) is 3. The number of thioether (sulfide) groups is 1. The Morgan fingerprint density at radius 1 is 1.42 bits per heavy atom. The summed E-state index contributed by atoms with van der Waals surface area (Å²) < 4.78 is 2.08. The molecule has 1 heterocycles. The molecule has 1 saturated carbocycles. The van der Waals surface area contributed by atoms with Crippen molar-refractivity contribution in [3.8, 4) is 0 Å². The van der Waals surface area contributed by atoms with Gasteiger partial charge in [-0.25, -0.2) is 0 Å². The molecule has 0 saturated heterocycles. The molecule has 1 aliphatic carbocycles. The molecule has 1 aliphatic rings. The lowest BCUT2D eigenvalue weighted by molar-refractivity contribution is -0.116. The highest BCUT2D eigenvalue weighted by atomic mass is 32.2. The van der Waals surface area contributed by atoms with E-state index in [0.717, 1.165) is 5.69 Å². The number of carbonyl (C=O) groups is 1. The lowest BCUT2D eigenvalue weighted by atomic mass is 9.96. The minimum Gasteiger partial charge on any atom is -0.298 e. The van der Waals surface area contributed by atoms with Crippen molar-refractivity contribution >= 4 is 17.5 Å². The van der Waals surface area contributed by atoms with Crippen molar-refractivity contribution in [1.82, 2.24) is 9.78 Å². The summed E-state index contributed by atoms with van der Waals surface area (Å²) in [6.07, 6.45) is 8.98. The lowest BCUT2D eigenvalue weighted by Gasteiger charge is -2.21. The first-order valence-corrected chi connectivity index (χ1v) is 8.37. The zero-order valence-corrected chi connectivity index (χ0v) is 12.8. The minimum absolute atomic E-state index is 0.285. The largest absolute Gasteiger partial charge is 0.298 e. The second kappa shape index (κ2) is 7.13. The van der Waals surface area contributed by atoms with Crippen LogP contribution in [0.3, 0.4) is 0 Å². The fraction of sp³-hybridized carbons (Fsp3) is 0.733. The molecule has 0 atom stereocenters. The number of hydrogen-bond donors (Lipinski definition) is 0. The number of Topliss-reactive ketones (excluding diaryl/α,β-unsaturated/α-hetero) is 1. The second-order valence-corrected chi connectivity index (χ2v) is 7.22. The Labute approximate surface area is 120 Å². The van der Waals surface area contributed by atoms with Crippen LogP contribution in [0.2, 0.25) is 0 Å². The maximum absolute atomic E-state index is 11.8. The molecule has 0 radical (unpaired) electrons. The quantitative estimate of drug-likeness (QED) is 0.798. The molecule has 2 rings (SSSR count). The molecule has 0 aliphatic heterocycles. The summed E-state index contributed by atoms with van der Waals surface area (Å²) >= 11 is 1.71. The third kappa shape index (κ3) is 4.68. The molecule has 0 aromatic carbocycles. The van der Waals surface area contributed by atoms with Crippen LogP contribution in [0, 0.1) is 0 Å². The molecule has 1 aromatic heterocycles. The molecule has 3 nitrogen and oxygen atoms in total. The third-order valence-electron chi connectivity index (χ3n) is 3.57. The van der Waals surface area contributed by atoms with E-state index in [1.54, 1.807) is 11.8 Å². The molecule has 0 N–H and O–H groups in total. The van der Waals surface area contributed by atoms with E-state index < -0.39 is 0 Å². The van der Waals surface area contributed by atoms with Gasteiger partial charge in [0, 0.05) is 6.20 Å². The molecule has 1 fully saturated rings. The molecule has 1 aromatic rings. The fourth-order valence-electron chi connectivity index (χ4n) is 2.53. The van der Waals surface area contributed by atoms with E-state index in [-0.39, 0.29) is 5.78 Å². The topological polar surface area (TPSA) is 34.9 Å². The van der Waals surface area contributed by atoms with Crippen LogP contribution in [0.15, 0.2) is 12.3 Å². The maximum Gasteiger partial charge on any atom is 0.148 e. The van der Waals surface area contributed by atoms with Crippen LogP contribution in [0.1, 0.15) is 57.7 Å². The van der Waals surface area contributed by atoms with Gasteiger partial charge in [-0.1, -0.05) is 33.1 Å². The maximum atomic E-state index is 11.8. The summed E-state index contributed by atoms with van der Waals surface area (Å²) in [6.45, 7) is 4.24. The molecular formula is C15H24N2OS. The van der Waals surface area contributed by atoms with Gasteiger partial charge in [0.25, 0.3) is 0 Å². The number of nitrogens with zero attached hydrogens (tertiary/aromatic N) is 2. The van der Waals surface area contributed by atoms with Gasteiger partial charge in [-0.05, 0) is 24.2 Å². The lowest BCUT2D eigenvalue weighted by Crippen LogP contribution is -2.14. The molecule has 0 bridgehead atoms. The second-order valence-electron chi connectivity index (χ2n) is 5.65. The van der Waals surface area contributed by atoms with E-state index in [1.165, 1.54) is 32.1 Å². The Bertz CT molecular complexity index is 408. The number of rotatable bonds is 6. The van der Waals surface area contributed by atoms with Crippen LogP contribution >= 0.6 is 11.8 Å². The van der Waals surface area contributed by atoms with Gasteiger partial charge in [0.2, 0.25) is 0 Å². The third-order valence-corrected chi connectivity index (χ3v) is 4.72. The number of aromatic nitrogens is 2. The first-order chi connectivity index (χ1) is 9.15. The Kier molecular flexibility index (Phi) is 5.49. The van der Waals surface area contributed by atoms with Crippen LogP contribution in [-0.2, 0) is 11.2 Å². The van der Waals surface area contributed by atoms with Gasteiger partial charge < -0.3 is 0 Å². The molecule has 106 valence electrons. The summed E-state index contributed by atoms with van der Waals surface area (Å²) in [5.74, 6) is 0.890. The summed E-state index contributed by atoms with van der Waals surface area (Å²) in [5, 5.41) is 5.10. The van der Waals surface area contributed by atoms with Crippen LogP contribution in [-0.4, -0.2) is 26.6 Å². The Hall–Kier alpha value is -0.770. The van der Waals surface area contributed by atoms with Gasteiger partial charge in [-0.2, -0.15) is 16.9 Å². The van der Waals surface area contributed by atoms with Crippen molar-refractivity contribution in [2.45, 2.75) is 63.7 Å². The van der Waals surface area contributed by atoms with E-state index >= 15 is 0 Å². The molecule has 0 amide bonds. The van der Waals surface area contributed by atoms with Crippen molar-refractivity contribution in [3.05, 3.63) is 18.0 Å². The minimum atomic E-state index is 0.285. The van der Waals surface area contributed by atoms with Gasteiger partial charge in [-0.15, -0.1) is 0 Å². The van der Waals surface area contributed by atoms with Crippen molar-refractivity contribution in [2.75, 3.05) is 5.75 Å². The Balaban J connectivity index is 1.84. The predicted octanol–water partition coefficient (Wildman–Crippen LogP) is 3.64. The number of ketones is 1. The van der Waals surface area contributed by atoms with E-state index in [0.29, 0.717) is 23.5 Å². The average Bonchev–Trinajstić information content (AvgIpc) is 2.86. The Morgan fingerprint density at radius 3 is 2.84 bits per heavy atom. The van der Waals surface area contributed by atoms with Crippen LogP contribution in [0.25, 0.3) is 0 Å². The van der Waals surface area contributed by atoms with Gasteiger partial charge in [0.1, 0.15) is 5.78 Å². The number of carbonyl (C=O) groups excluding carboxylic acids is 1. The average molecular weight is 280 g/mol. The zero-order chi connectivity index (χ0) is 13.7. The first kappa shape index (κ1) is 14.6. The summed E-state index contributed by atoms with van der Waals surface area (Å²) in [4.78, 5) is 11.8. The normalized spacial score (nSPS) is 17.0. The van der Waals surface area contributed by atoms with Crippen molar-refractivity contribution in [1.29, 1.82) is 0 Å². The Morgan fingerprint density at radius 2 is 2.16 bits per heavy atom. The molecule has 19 heavy (non-hydrogen) atoms. The van der Waals surface area contributed by atoms with Crippen LogP contribution in [0.5, 0.6) is 0 Å². The van der Waals surface area contributed by atoms with E-state index in [1.807, 2.05) is 12.3 Å². The summed E-state index contributed by atoms with van der Waals surface area (Å²) in [7, 11) is 0. The standard InChI is InChI=1S/C15H24N2OS/c1-12(2)19-11-15(18)10-13-8-9-17(16-13)14-6-4-3-5-7-14/h8-9,12,14H,3-7,10-11H2,1-2H3.